The number of rotatable bonds is 5. The second kappa shape index (κ2) is 7.34. The van der Waals surface area contributed by atoms with Gasteiger partial charge in [0.05, 0.1) is 12.2 Å². The van der Waals surface area contributed by atoms with Gasteiger partial charge in [0, 0.05) is 5.92 Å². The van der Waals surface area contributed by atoms with E-state index in [0.29, 0.717) is 6.61 Å². The molecule has 18 heavy (non-hydrogen) atoms. The largest absolute Gasteiger partial charge is 0.462 e. The van der Waals surface area contributed by atoms with Gasteiger partial charge in [0.1, 0.15) is 0 Å². The minimum Gasteiger partial charge on any atom is -0.462 e. The fourth-order valence-electron chi connectivity index (χ4n) is 2.38. The van der Waals surface area contributed by atoms with E-state index in [1.54, 1.807) is 13.0 Å². The van der Waals surface area contributed by atoms with Crippen LogP contribution >= 0.6 is 0 Å². The van der Waals surface area contributed by atoms with Crippen LogP contribution in [-0.2, 0) is 14.3 Å². The van der Waals surface area contributed by atoms with Gasteiger partial charge < -0.3 is 4.74 Å². The molecule has 1 aliphatic carbocycles. The van der Waals surface area contributed by atoms with Gasteiger partial charge >= 0.3 is 5.97 Å². The Bertz CT molecular complexity index is 323. The molecule has 0 spiro atoms. The summed E-state index contributed by atoms with van der Waals surface area (Å²) < 4.78 is 4.99. The monoisotopic (exact) mass is 252 g/mol. The Labute approximate surface area is 110 Å². The maximum atomic E-state index is 12.4. The number of allylic oxidation sites excluding steroid dienone is 1. The first-order valence-electron chi connectivity index (χ1n) is 6.99. The maximum Gasteiger partial charge on any atom is 0.341 e. The van der Waals surface area contributed by atoms with Crippen LogP contribution in [0, 0.1) is 11.8 Å². The third-order valence-electron chi connectivity index (χ3n) is 3.24. The predicted molar refractivity (Wildman–Crippen MR) is 71.1 cm³/mol. The first-order valence-corrected chi connectivity index (χ1v) is 6.99. The molecule has 0 saturated heterocycles. The molecule has 1 aliphatic rings. The Morgan fingerprint density at radius 1 is 1.22 bits per heavy atom. The van der Waals surface area contributed by atoms with E-state index < -0.39 is 5.97 Å². The highest BCUT2D eigenvalue weighted by Gasteiger charge is 2.28. The van der Waals surface area contributed by atoms with Gasteiger partial charge in [0.15, 0.2) is 5.78 Å². The molecule has 1 rings (SSSR count). The predicted octanol–water partition coefficient (Wildman–Crippen LogP) is 3.28. The van der Waals surface area contributed by atoms with Crippen LogP contribution in [0.4, 0.5) is 0 Å². The Hall–Kier alpha value is -1.12. The highest BCUT2D eigenvalue weighted by molar-refractivity contribution is 6.18. The topological polar surface area (TPSA) is 43.4 Å². The molecule has 0 aliphatic heterocycles. The van der Waals surface area contributed by atoms with Crippen molar-refractivity contribution in [1.82, 2.24) is 0 Å². The molecule has 3 nitrogen and oxygen atoms in total. The molecule has 0 atom stereocenters. The summed E-state index contributed by atoms with van der Waals surface area (Å²) in [5.41, 5.74) is 0.263. The Morgan fingerprint density at radius 3 is 2.33 bits per heavy atom. The molecule has 0 radical (unpaired) electrons. The van der Waals surface area contributed by atoms with Crippen molar-refractivity contribution in [3.63, 3.8) is 0 Å². The number of ether oxygens (including phenoxy) is 1. The van der Waals surface area contributed by atoms with Gasteiger partial charge in [-0.2, -0.15) is 0 Å². The van der Waals surface area contributed by atoms with E-state index >= 15 is 0 Å². The molecule has 0 aromatic carbocycles. The van der Waals surface area contributed by atoms with Crippen LogP contribution in [0.5, 0.6) is 0 Å². The Kier molecular flexibility index (Phi) is 6.10. The second-order valence-corrected chi connectivity index (χ2v) is 5.24. The summed E-state index contributed by atoms with van der Waals surface area (Å²) in [6.07, 6.45) is 6.95. The van der Waals surface area contributed by atoms with E-state index in [1.807, 2.05) is 13.8 Å². The lowest BCUT2D eigenvalue weighted by Gasteiger charge is -2.21. The van der Waals surface area contributed by atoms with Crippen LogP contribution < -0.4 is 0 Å². The molecule has 0 N–H and O–H groups in total. The SMILES string of the molecule is CCOC(=O)/C(=C\C(C)C)C(=O)C1CCCCC1. The van der Waals surface area contributed by atoms with Gasteiger partial charge in [0.25, 0.3) is 0 Å². The van der Waals surface area contributed by atoms with Crippen molar-refractivity contribution in [1.29, 1.82) is 0 Å². The molecule has 1 saturated carbocycles. The van der Waals surface area contributed by atoms with E-state index in [9.17, 15) is 9.59 Å². The van der Waals surface area contributed by atoms with Gasteiger partial charge in [0.2, 0.25) is 0 Å². The lowest BCUT2D eigenvalue weighted by molar-refractivity contribution is -0.140. The van der Waals surface area contributed by atoms with Crippen molar-refractivity contribution in [3.8, 4) is 0 Å². The Morgan fingerprint density at radius 2 is 1.83 bits per heavy atom. The van der Waals surface area contributed by atoms with Crippen molar-refractivity contribution in [2.45, 2.75) is 52.9 Å². The number of ketones is 1. The van der Waals surface area contributed by atoms with Crippen LogP contribution in [0.25, 0.3) is 0 Å². The van der Waals surface area contributed by atoms with Crippen molar-refractivity contribution < 1.29 is 14.3 Å². The maximum absolute atomic E-state index is 12.4. The quantitative estimate of drug-likeness (QED) is 0.326. The molecule has 0 unspecified atom stereocenters. The van der Waals surface area contributed by atoms with Gasteiger partial charge in [-0.25, -0.2) is 4.79 Å². The highest BCUT2D eigenvalue weighted by Crippen LogP contribution is 2.27. The smallest absolute Gasteiger partial charge is 0.341 e. The standard InChI is InChI=1S/C15H24O3/c1-4-18-15(17)13(10-11(2)3)14(16)12-8-6-5-7-9-12/h10-12H,4-9H2,1-3H3/b13-10-. The van der Waals surface area contributed by atoms with Crippen molar-refractivity contribution >= 4 is 11.8 Å². The number of esters is 1. The summed E-state index contributed by atoms with van der Waals surface area (Å²) in [5.74, 6) is -0.270. The van der Waals surface area contributed by atoms with Crippen LogP contribution in [0.2, 0.25) is 0 Å². The minimum absolute atomic E-state index is 0.0122. The van der Waals surface area contributed by atoms with Crippen LogP contribution in [-0.4, -0.2) is 18.4 Å². The number of hydrogen-bond acceptors (Lipinski definition) is 3. The molecule has 0 bridgehead atoms. The minimum atomic E-state index is -0.457. The number of carbonyl (C=O) groups excluding carboxylic acids is 2. The number of Topliss-reactive ketones (excluding diaryl/α,β-unsaturated/α-hetero) is 1. The lowest BCUT2D eigenvalue weighted by atomic mass is 9.83. The second-order valence-electron chi connectivity index (χ2n) is 5.24. The summed E-state index contributed by atoms with van der Waals surface area (Å²) in [4.78, 5) is 24.2. The molecule has 0 aromatic heterocycles. The average molecular weight is 252 g/mol. The van der Waals surface area contributed by atoms with E-state index in [0.717, 1.165) is 25.7 Å². The van der Waals surface area contributed by atoms with Crippen LogP contribution in [0.15, 0.2) is 11.6 Å². The van der Waals surface area contributed by atoms with E-state index in [4.69, 9.17) is 4.74 Å². The fraction of sp³-hybridized carbons (Fsp3) is 0.733. The van der Waals surface area contributed by atoms with E-state index in [1.165, 1.54) is 6.42 Å². The number of hydrogen-bond donors (Lipinski definition) is 0. The average Bonchev–Trinajstić information content (AvgIpc) is 2.36. The first-order chi connectivity index (χ1) is 8.56. The molecule has 0 heterocycles. The summed E-state index contributed by atoms with van der Waals surface area (Å²) in [5, 5.41) is 0. The molecule has 3 heteroatoms. The van der Waals surface area contributed by atoms with Gasteiger partial charge in [-0.3, -0.25) is 4.79 Å². The molecular formula is C15H24O3. The van der Waals surface area contributed by atoms with Crippen LogP contribution in [0.3, 0.4) is 0 Å². The third-order valence-corrected chi connectivity index (χ3v) is 3.24. The van der Waals surface area contributed by atoms with E-state index in [-0.39, 0.29) is 23.2 Å². The summed E-state index contributed by atoms with van der Waals surface area (Å²) in [6.45, 7) is 6.00. The van der Waals surface area contributed by atoms with Crippen LogP contribution in [0.1, 0.15) is 52.9 Å². The van der Waals surface area contributed by atoms with Gasteiger partial charge in [-0.05, 0) is 25.7 Å². The zero-order valence-electron chi connectivity index (χ0n) is 11.7. The molecular weight excluding hydrogens is 228 g/mol. The normalized spacial score (nSPS) is 17.9. The molecule has 1 fully saturated rings. The molecule has 0 aromatic rings. The highest BCUT2D eigenvalue weighted by atomic mass is 16.5. The van der Waals surface area contributed by atoms with Crippen molar-refractivity contribution in [2.75, 3.05) is 6.61 Å². The number of carbonyl (C=O) groups is 2. The van der Waals surface area contributed by atoms with Crippen molar-refractivity contribution in [3.05, 3.63) is 11.6 Å². The fourth-order valence-corrected chi connectivity index (χ4v) is 2.38. The Balaban J connectivity index is 2.81. The van der Waals surface area contributed by atoms with Gasteiger partial charge in [-0.1, -0.05) is 39.2 Å². The van der Waals surface area contributed by atoms with E-state index in [2.05, 4.69) is 0 Å². The summed E-state index contributed by atoms with van der Waals surface area (Å²) in [7, 11) is 0. The summed E-state index contributed by atoms with van der Waals surface area (Å²) >= 11 is 0. The van der Waals surface area contributed by atoms with Gasteiger partial charge in [-0.15, -0.1) is 0 Å². The summed E-state index contributed by atoms with van der Waals surface area (Å²) in [6, 6.07) is 0. The molecule has 0 amide bonds. The first kappa shape index (κ1) is 14.9. The van der Waals surface area contributed by atoms with Crippen molar-refractivity contribution in [2.24, 2.45) is 11.8 Å². The molecule has 102 valence electrons. The lowest BCUT2D eigenvalue weighted by Crippen LogP contribution is -2.25. The third kappa shape index (κ3) is 4.28. The zero-order chi connectivity index (χ0) is 13.5. The zero-order valence-corrected chi connectivity index (χ0v) is 11.7.